The van der Waals surface area contributed by atoms with E-state index in [2.05, 4.69) is 15.3 Å². The van der Waals surface area contributed by atoms with E-state index in [0.717, 1.165) is 30.6 Å². The maximum absolute atomic E-state index is 12.8. The van der Waals surface area contributed by atoms with Crippen molar-refractivity contribution in [1.82, 2.24) is 9.78 Å². The second kappa shape index (κ2) is 8.71. The minimum absolute atomic E-state index is 0.0113. The molecule has 154 valence electrons. The number of carbonyl (C=O) groups excluding carboxylic acids is 1. The summed E-state index contributed by atoms with van der Waals surface area (Å²) in [6.45, 7) is 3.32. The zero-order valence-corrected chi connectivity index (χ0v) is 17.5. The Morgan fingerprint density at radius 3 is 2.77 bits per heavy atom. The summed E-state index contributed by atoms with van der Waals surface area (Å²) in [7, 11) is 0. The molecule has 7 heteroatoms. The molecule has 0 bridgehead atoms. The predicted octanol–water partition coefficient (Wildman–Crippen LogP) is 4.05. The zero-order valence-electron chi connectivity index (χ0n) is 16.7. The van der Waals surface area contributed by atoms with E-state index in [1.165, 1.54) is 10.7 Å². The number of anilines is 2. The molecule has 0 spiro atoms. The van der Waals surface area contributed by atoms with E-state index in [9.17, 15) is 9.59 Å². The highest BCUT2D eigenvalue weighted by atomic mass is 35.5. The van der Waals surface area contributed by atoms with Crippen molar-refractivity contribution < 1.29 is 4.79 Å². The van der Waals surface area contributed by atoms with Crippen molar-refractivity contribution in [3.05, 3.63) is 81.6 Å². The molecular weight excluding hydrogens is 400 g/mol. The molecular formula is C23H23ClN4O2. The fourth-order valence-electron chi connectivity index (χ4n) is 3.71. The number of aromatic nitrogens is 2. The van der Waals surface area contributed by atoms with Gasteiger partial charge in [0.1, 0.15) is 5.82 Å². The van der Waals surface area contributed by atoms with Gasteiger partial charge in [-0.3, -0.25) is 9.59 Å². The minimum atomic E-state index is -0.230. The maximum Gasteiger partial charge on any atom is 0.271 e. The number of carbonyl (C=O) groups is 1. The largest absolute Gasteiger partial charge is 0.354 e. The second-order valence-electron chi connectivity index (χ2n) is 7.51. The minimum Gasteiger partial charge on any atom is -0.354 e. The van der Waals surface area contributed by atoms with Crippen LogP contribution in [-0.4, -0.2) is 28.8 Å². The molecule has 1 aliphatic heterocycles. The highest BCUT2D eigenvalue weighted by Crippen LogP contribution is 2.24. The number of aryl methyl sites for hydroxylation is 1. The molecule has 1 N–H and O–H groups in total. The van der Waals surface area contributed by atoms with Crippen molar-refractivity contribution in [2.45, 2.75) is 19.8 Å². The number of halogens is 1. The summed E-state index contributed by atoms with van der Waals surface area (Å²) in [4.78, 5) is 27.3. The quantitative estimate of drug-likeness (QED) is 0.688. The molecule has 3 aromatic rings. The van der Waals surface area contributed by atoms with E-state index in [1.807, 2.05) is 31.2 Å². The maximum atomic E-state index is 12.8. The van der Waals surface area contributed by atoms with Crippen LogP contribution in [0.3, 0.4) is 0 Å². The highest BCUT2D eigenvalue weighted by molar-refractivity contribution is 6.30. The number of rotatable bonds is 4. The van der Waals surface area contributed by atoms with Gasteiger partial charge in [-0.2, -0.15) is 4.68 Å². The topological polar surface area (TPSA) is 67.2 Å². The zero-order chi connectivity index (χ0) is 21.1. The molecule has 0 saturated carbocycles. The van der Waals surface area contributed by atoms with Crippen LogP contribution < -0.4 is 15.8 Å². The normalized spacial score (nSPS) is 16.3. The van der Waals surface area contributed by atoms with Gasteiger partial charge in [0.2, 0.25) is 5.91 Å². The van der Waals surface area contributed by atoms with Crippen LogP contribution in [0.4, 0.5) is 11.5 Å². The molecule has 0 radical (unpaired) electrons. The Hall–Kier alpha value is -3.12. The monoisotopic (exact) mass is 422 g/mol. The highest BCUT2D eigenvalue weighted by Gasteiger charge is 2.27. The molecule has 30 heavy (non-hydrogen) atoms. The van der Waals surface area contributed by atoms with E-state index in [1.54, 1.807) is 30.3 Å². The first-order valence-corrected chi connectivity index (χ1v) is 10.4. The van der Waals surface area contributed by atoms with Crippen molar-refractivity contribution >= 4 is 29.0 Å². The average Bonchev–Trinajstić information content (AvgIpc) is 2.76. The molecule has 1 fully saturated rings. The molecule has 1 aliphatic rings. The molecule has 1 atom stereocenters. The van der Waals surface area contributed by atoms with Crippen LogP contribution in [0.15, 0.2) is 65.5 Å². The van der Waals surface area contributed by atoms with E-state index < -0.39 is 0 Å². The van der Waals surface area contributed by atoms with Gasteiger partial charge in [-0.15, -0.1) is 5.10 Å². The van der Waals surface area contributed by atoms with Gasteiger partial charge in [-0.25, -0.2) is 0 Å². The number of nitrogens with one attached hydrogen (secondary N) is 1. The summed E-state index contributed by atoms with van der Waals surface area (Å²) in [5, 5.41) is 8.13. The van der Waals surface area contributed by atoms with Crippen LogP contribution >= 0.6 is 11.6 Å². The number of nitrogens with zero attached hydrogens (tertiary/aromatic N) is 3. The Morgan fingerprint density at radius 2 is 1.97 bits per heavy atom. The van der Waals surface area contributed by atoms with Crippen LogP contribution in [-0.2, 0) is 4.79 Å². The van der Waals surface area contributed by atoms with E-state index in [-0.39, 0.29) is 17.4 Å². The summed E-state index contributed by atoms with van der Waals surface area (Å²) in [6.07, 6.45) is 1.70. The lowest BCUT2D eigenvalue weighted by Gasteiger charge is -2.33. The first-order valence-electron chi connectivity index (χ1n) is 9.99. The summed E-state index contributed by atoms with van der Waals surface area (Å²) in [5.41, 5.74) is 2.26. The molecule has 1 saturated heterocycles. The third-order valence-corrected chi connectivity index (χ3v) is 5.59. The van der Waals surface area contributed by atoms with Crippen molar-refractivity contribution in [2.24, 2.45) is 5.92 Å². The fourth-order valence-corrected chi connectivity index (χ4v) is 3.89. The third kappa shape index (κ3) is 4.39. The van der Waals surface area contributed by atoms with Crippen molar-refractivity contribution in [2.75, 3.05) is 23.3 Å². The summed E-state index contributed by atoms with van der Waals surface area (Å²) in [5.74, 6) is 0.534. The van der Waals surface area contributed by atoms with E-state index in [4.69, 9.17) is 11.6 Å². The Labute approximate surface area is 180 Å². The van der Waals surface area contributed by atoms with Gasteiger partial charge in [-0.1, -0.05) is 35.9 Å². The first-order chi connectivity index (χ1) is 14.5. The number of amides is 1. The third-order valence-electron chi connectivity index (χ3n) is 5.36. The Bertz CT molecular complexity index is 1130. The molecule has 2 heterocycles. The smallest absolute Gasteiger partial charge is 0.271 e. The van der Waals surface area contributed by atoms with Gasteiger partial charge >= 0.3 is 0 Å². The predicted molar refractivity (Wildman–Crippen MR) is 120 cm³/mol. The van der Waals surface area contributed by atoms with Crippen molar-refractivity contribution in [1.29, 1.82) is 0 Å². The number of piperidine rings is 1. The fraction of sp³-hybridized carbons (Fsp3) is 0.261. The molecule has 0 aliphatic carbocycles. The molecule has 2 aromatic carbocycles. The molecule has 6 nitrogen and oxygen atoms in total. The summed E-state index contributed by atoms with van der Waals surface area (Å²) < 4.78 is 1.35. The Balaban J connectivity index is 1.53. The number of benzene rings is 2. The lowest BCUT2D eigenvalue weighted by atomic mass is 9.97. The summed E-state index contributed by atoms with van der Waals surface area (Å²) in [6, 6.07) is 18.0. The van der Waals surface area contributed by atoms with Crippen LogP contribution in [0.25, 0.3) is 5.69 Å². The number of hydrogen-bond donors (Lipinski definition) is 1. The lowest BCUT2D eigenvalue weighted by Crippen LogP contribution is -2.41. The van der Waals surface area contributed by atoms with Crippen LogP contribution in [0.1, 0.15) is 18.4 Å². The average molecular weight is 423 g/mol. The van der Waals surface area contributed by atoms with Crippen molar-refractivity contribution in [3.8, 4) is 5.69 Å². The van der Waals surface area contributed by atoms with Gasteiger partial charge < -0.3 is 10.2 Å². The molecule has 1 amide bonds. The van der Waals surface area contributed by atoms with E-state index in [0.29, 0.717) is 23.1 Å². The molecule has 4 rings (SSSR count). The van der Waals surface area contributed by atoms with Crippen molar-refractivity contribution in [3.63, 3.8) is 0 Å². The summed E-state index contributed by atoms with van der Waals surface area (Å²) >= 11 is 6.07. The van der Waals surface area contributed by atoms with Gasteiger partial charge in [0, 0.05) is 29.9 Å². The van der Waals surface area contributed by atoms with Crippen LogP contribution in [0.5, 0.6) is 0 Å². The van der Waals surface area contributed by atoms with Crippen LogP contribution in [0, 0.1) is 12.8 Å². The van der Waals surface area contributed by atoms with Gasteiger partial charge in [0.05, 0.1) is 11.6 Å². The Kier molecular flexibility index (Phi) is 5.86. The van der Waals surface area contributed by atoms with E-state index >= 15 is 0 Å². The van der Waals surface area contributed by atoms with Crippen LogP contribution in [0.2, 0.25) is 5.02 Å². The number of para-hydroxylation sites is 1. The first kappa shape index (κ1) is 20.2. The molecule has 0 unspecified atom stereocenters. The van der Waals surface area contributed by atoms with Gasteiger partial charge in [0.25, 0.3) is 5.56 Å². The SMILES string of the molecule is Cc1ccccc1NC(=O)[C@@H]1CCCN(c2ccc(=O)n(-c3cccc(Cl)c3)n2)C1. The standard InChI is InChI=1S/C23H23ClN4O2/c1-16-6-2-3-10-20(16)25-23(30)17-7-5-13-27(15-17)21-11-12-22(29)28(26-21)19-9-4-8-18(24)14-19/h2-4,6,8-12,14,17H,5,7,13,15H2,1H3,(H,25,30)/t17-/m1/s1. The van der Waals surface area contributed by atoms with Gasteiger partial charge in [0.15, 0.2) is 0 Å². The second-order valence-corrected chi connectivity index (χ2v) is 7.95. The number of hydrogen-bond acceptors (Lipinski definition) is 4. The Morgan fingerprint density at radius 1 is 1.13 bits per heavy atom. The van der Waals surface area contributed by atoms with Gasteiger partial charge in [-0.05, 0) is 55.7 Å². The molecule has 1 aromatic heterocycles. The lowest BCUT2D eigenvalue weighted by molar-refractivity contribution is -0.120.